The number of piperazine rings is 1. The lowest BCUT2D eigenvalue weighted by molar-refractivity contribution is -0.145. The van der Waals surface area contributed by atoms with Gasteiger partial charge in [-0.2, -0.15) is 5.26 Å². The van der Waals surface area contributed by atoms with Crippen LogP contribution < -0.4 is 4.90 Å². The fraction of sp³-hybridized carbons (Fsp3) is 0.357. The molecule has 0 spiro atoms. The molecular weight excluding hydrogens is 261 g/mol. The third-order valence-electron chi connectivity index (χ3n) is 3.12. The van der Waals surface area contributed by atoms with Crippen molar-refractivity contribution in [3.63, 3.8) is 0 Å². The first-order chi connectivity index (χ1) is 9.51. The topological polar surface area (TPSA) is 64.4 Å². The molecule has 0 aliphatic carbocycles. The number of amides is 2. The minimum Gasteiger partial charge on any atom is -0.353 e. The van der Waals surface area contributed by atoms with Gasteiger partial charge in [0.1, 0.15) is 5.82 Å². The zero-order valence-electron chi connectivity index (χ0n) is 11.0. The molecule has 1 saturated heterocycles. The SMILES string of the molecule is CC(C#N)CN1C(=O)CN(c2ccc(F)cc2)CC1=O. The molecule has 6 heteroatoms. The summed E-state index contributed by atoms with van der Waals surface area (Å²) < 4.78 is 12.9. The Hall–Kier alpha value is -2.42. The number of anilines is 1. The molecular formula is C14H14FN3O2. The van der Waals surface area contributed by atoms with Gasteiger partial charge in [0.25, 0.3) is 0 Å². The molecule has 2 amide bonds. The molecule has 2 rings (SSSR count). The number of benzene rings is 1. The van der Waals surface area contributed by atoms with E-state index in [1.54, 1.807) is 11.8 Å². The van der Waals surface area contributed by atoms with Gasteiger partial charge in [0, 0.05) is 12.2 Å². The van der Waals surface area contributed by atoms with Crippen LogP contribution in [0, 0.1) is 23.1 Å². The predicted molar refractivity (Wildman–Crippen MR) is 70.1 cm³/mol. The Balaban J connectivity index is 2.10. The lowest BCUT2D eigenvalue weighted by atomic mass is 10.1. The van der Waals surface area contributed by atoms with Crippen molar-refractivity contribution in [1.29, 1.82) is 5.26 Å². The van der Waals surface area contributed by atoms with Crippen LogP contribution in [0.4, 0.5) is 10.1 Å². The van der Waals surface area contributed by atoms with Crippen LogP contribution in [-0.2, 0) is 9.59 Å². The molecule has 0 bridgehead atoms. The smallest absolute Gasteiger partial charge is 0.248 e. The molecule has 20 heavy (non-hydrogen) atoms. The summed E-state index contributed by atoms with van der Waals surface area (Å²) in [6, 6.07) is 7.64. The van der Waals surface area contributed by atoms with Crippen LogP contribution in [-0.4, -0.2) is 36.3 Å². The van der Waals surface area contributed by atoms with Gasteiger partial charge in [-0.05, 0) is 31.2 Å². The Morgan fingerprint density at radius 2 is 1.80 bits per heavy atom. The van der Waals surface area contributed by atoms with Crippen LogP contribution >= 0.6 is 0 Å². The van der Waals surface area contributed by atoms with Gasteiger partial charge in [-0.1, -0.05) is 0 Å². The Bertz CT molecular complexity index is 547. The van der Waals surface area contributed by atoms with Gasteiger partial charge in [0.05, 0.1) is 25.1 Å². The Morgan fingerprint density at radius 1 is 1.25 bits per heavy atom. The van der Waals surface area contributed by atoms with Crippen LogP contribution in [0.25, 0.3) is 0 Å². The lowest BCUT2D eigenvalue weighted by Crippen LogP contribution is -2.55. The van der Waals surface area contributed by atoms with Crippen molar-refractivity contribution in [2.45, 2.75) is 6.92 Å². The highest BCUT2D eigenvalue weighted by molar-refractivity contribution is 6.02. The van der Waals surface area contributed by atoms with Crippen LogP contribution in [0.15, 0.2) is 24.3 Å². The van der Waals surface area contributed by atoms with Crippen molar-refractivity contribution < 1.29 is 14.0 Å². The zero-order chi connectivity index (χ0) is 14.7. The highest BCUT2D eigenvalue weighted by Gasteiger charge is 2.31. The first kappa shape index (κ1) is 14.0. The number of hydrogen-bond donors (Lipinski definition) is 0. The summed E-state index contributed by atoms with van der Waals surface area (Å²) in [5.74, 6) is -1.44. The molecule has 1 aromatic rings. The Morgan fingerprint density at radius 3 is 2.30 bits per heavy atom. The van der Waals surface area contributed by atoms with E-state index >= 15 is 0 Å². The van der Waals surface area contributed by atoms with Gasteiger partial charge >= 0.3 is 0 Å². The Labute approximate surface area is 116 Å². The molecule has 1 atom stereocenters. The molecule has 0 radical (unpaired) electrons. The molecule has 0 N–H and O–H groups in total. The number of carbonyl (C=O) groups excluding carboxylic acids is 2. The van der Waals surface area contributed by atoms with Crippen molar-refractivity contribution in [3.05, 3.63) is 30.1 Å². The van der Waals surface area contributed by atoms with E-state index in [1.165, 1.54) is 24.3 Å². The van der Waals surface area contributed by atoms with E-state index in [1.807, 2.05) is 6.07 Å². The quantitative estimate of drug-likeness (QED) is 0.776. The minimum absolute atomic E-state index is 0.0511. The third kappa shape index (κ3) is 2.94. The maximum absolute atomic E-state index is 12.9. The normalized spacial score (nSPS) is 17.1. The van der Waals surface area contributed by atoms with Gasteiger partial charge in [0.15, 0.2) is 0 Å². The predicted octanol–water partition coefficient (Wildman–Crippen LogP) is 1.16. The van der Waals surface area contributed by atoms with Crippen LogP contribution in [0.5, 0.6) is 0 Å². The summed E-state index contributed by atoms with van der Waals surface area (Å²) >= 11 is 0. The molecule has 1 aliphatic rings. The number of carbonyl (C=O) groups is 2. The fourth-order valence-electron chi connectivity index (χ4n) is 2.05. The van der Waals surface area contributed by atoms with Crippen LogP contribution in [0.1, 0.15) is 6.92 Å². The summed E-state index contributed by atoms with van der Waals surface area (Å²) in [5, 5.41) is 8.75. The second-order valence-corrected chi connectivity index (χ2v) is 4.76. The number of nitrogens with zero attached hydrogens (tertiary/aromatic N) is 3. The van der Waals surface area contributed by atoms with Gasteiger partial charge < -0.3 is 4.90 Å². The second-order valence-electron chi connectivity index (χ2n) is 4.76. The van der Waals surface area contributed by atoms with Crippen LogP contribution in [0.3, 0.4) is 0 Å². The molecule has 104 valence electrons. The summed E-state index contributed by atoms with van der Waals surface area (Å²) in [5.41, 5.74) is 0.626. The van der Waals surface area contributed by atoms with E-state index in [9.17, 15) is 14.0 Å². The summed E-state index contributed by atoms with van der Waals surface area (Å²) in [6.45, 7) is 1.88. The maximum Gasteiger partial charge on any atom is 0.248 e. The average molecular weight is 275 g/mol. The van der Waals surface area contributed by atoms with E-state index in [4.69, 9.17) is 5.26 Å². The zero-order valence-corrected chi connectivity index (χ0v) is 11.0. The molecule has 5 nitrogen and oxygen atoms in total. The van der Waals surface area contributed by atoms with Crippen molar-refractivity contribution in [1.82, 2.24) is 4.90 Å². The largest absolute Gasteiger partial charge is 0.353 e. The monoisotopic (exact) mass is 275 g/mol. The average Bonchev–Trinajstić information content (AvgIpc) is 2.43. The molecule has 1 fully saturated rings. The molecule has 1 aromatic carbocycles. The number of nitriles is 1. The Kier molecular flexibility index (Phi) is 3.99. The molecule has 0 saturated carbocycles. The maximum atomic E-state index is 12.9. The number of rotatable bonds is 3. The molecule has 1 unspecified atom stereocenters. The summed E-state index contributed by atoms with van der Waals surface area (Å²) in [4.78, 5) is 26.7. The van der Waals surface area contributed by atoms with Gasteiger partial charge in [-0.15, -0.1) is 0 Å². The summed E-state index contributed by atoms with van der Waals surface area (Å²) in [7, 11) is 0. The number of halogens is 1. The van der Waals surface area contributed by atoms with Crippen LogP contribution in [0.2, 0.25) is 0 Å². The standard InChI is InChI=1S/C14H14FN3O2/c1-10(6-16)7-18-13(19)8-17(9-14(18)20)12-4-2-11(15)3-5-12/h2-5,10H,7-9H2,1H3. The first-order valence-electron chi connectivity index (χ1n) is 6.24. The van der Waals surface area contributed by atoms with Crippen molar-refractivity contribution >= 4 is 17.5 Å². The third-order valence-corrected chi connectivity index (χ3v) is 3.12. The lowest BCUT2D eigenvalue weighted by Gasteiger charge is -2.34. The number of imide groups is 1. The molecule has 1 aliphatic heterocycles. The highest BCUT2D eigenvalue weighted by Crippen LogP contribution is 2.18. The first-order valence-corrected chi connectivity index (χ1v) is 6.24. The van der Waals surface area contributed by atoms with Gasteiger partial charge in [0.2, 0.25) is 11.8 Å². The second kappa shape index (κ2) is 5.70. The van der Waals surface area contributed by atoms with Crippen molar-refractivity contribution in [3.8, 4) is 6.07 Å². The number of hydrogen-bond acceptors (Lipinski definition) is 4. The van der Waals surface area contributed by atoms with Gasteiger partial charge in [-0.25, -0.2) is 4.39 Å². The molecule has 0 aromatic heterocycles. The van der Waals surface area contributed by atoms with E-state index in [0.717, 1.165) is 4.90 Å². The highest BCUT2D eigenvalue weighted by atomic mass is 19.1. The summed E-state index contributed by atoms with van der Waals surface area (Å²) in [6.07, 6.45) is 0. The minimum atomic E-state index is -0.389. The molecule has 1 heterocycles. The van der Waals surface area contributed by atoms with Crippen molar-refractivity contribution in [2.24, 2.45) is 5.92 Å². The van der Waals surface area contributed by atoms with E-state index in [-0.39, 0.29) is 43.2 Å². The van der Waals surface area contributed by atoms with E-state index < -0.39 is 0 Å². The fourth-order valence-corrected chi connectivity index (χ4v) is 2.05. The van der Waals surface area contributed by atoms with Gasteiger partial charge in [-0.3, -0.25) is 14.5 Å². The van der Waals surface area contributed by atoms with E-state index in [0.29, 0.717) is 5.69 Å². The van der Waals surface area contributed by atoms with Crippen molar-refractivity contribution in [2.75, 3.05) is 24.5 Å². The van der Waals surface area contributed by atoms with E-state index in [2.05, 4.69) is 0 Å².